The number of rotatable bonds is 9. The van der Waals surface area contributed by atoms with Gasteiger partial charge in [0.1, 0.15) is 6.04 Å². The van der Waals surface area contributed by atoms with Crippen LogP contribution in [-0.2, 0) is 16.0 Å². The Labute approximate surface area is 161 Å². The molecule has 144 valence electrons. The number of benzene rings is 2. The lowest BCUT2D eigenvalue weighted by Gasteiger charge is -2.25. The van der Waals surface area contributed by atoms with E-state index in [4.69, 9.17) is 4.74 Å². The highest BCUT2D eigenvalue weighted by Crippen LogP contribution is 2.23. The van der Waals surface area contributed by atoms with Gasteiger partial charge >= 0.3 is 0 Å². The van der Waals surface area contributed by atoms with Crippen LogP contribution in [0.1, 0.15) is 30.0 Å². The maximum Gasteiger partial charge on any atom is 0.241 e. The normalized spacial score (nSPS) is 19.1. The highest BCUT2D eigenvalue weighted by molar-refractivity contribution is 5.82. The van der Waals surface area contributed by atoms with E-state index in [-0.39, 0.29) is 18.0 Å². The molecule has 2 aromatic rings. The summed E-state index contributed by atoms with van der Waals surface area (Å²) in [6.45, 7) is 1.92. The quantitative estimate of drug-likeness (QED) is 0.716. The summed E-state index contributed by atoms with van der Waals surface area (Å²) in [5, 5.41) is 0. The number of methoxy groups -OCH3 is 1. The lowest BCUT2D eigenvalue weighted by atomic mass is 10.0. The van der Waals surface area contributed by atoms with E-state index in [0.29, 0.717) is 13.2 Å². The van der Waals surface area contributed by atoms with Gasteiger partial charge in [0.2, 0.25) is 5.91 Å². The summed E-state index contributed by atoms with van der Waals surface area (Å²) in [6.07, 6.45) is 2.67. The standard InChI is InChI=1S/C22H29N3O2/c1-27-16-15-25(14-8-11-18-9-4-2-5-10-18)22(26)21-17-20(23-24-21)19-12-6-3-7-13-19/h2-7,9-10,12-13,20-21,23-24H,8,11,14-17H2,1H3. The van der Waals surface area contributed by atoms with Gasteiger partial charge in [0.05, 0.1) is 6.61 Å². The molecule has 1 heterocycles. The second-order valence-corrected chi connectivity index (χ2v) is 6.95. The Morgan fingerprint density at radius 1 is 1.04 bits per heavy atom. The SMILES string of the molecule is COCCN(CCCc1ccccc1)C(=O)C1CC(c2ccccc2)NN1. The fraction of sp³-hybridized carbons (Fsp3) is 0.409. The number of carbonyl (C=O) groups is 1. The van der Waals surface area contributed by atoms with Crippen LogP contribution in [0, 0.1) is 0 Å². The molecule has 0 saturated carbocycles. The Morgan fingerprint density at radius 2 is 1.74 bits per heavy atom. The number of nitrogens with one attached hydrogen (secondary N) is 2. The molecule has 0 bridgehead atoms. The van der Waals surface area contributed by atoms with E-state index in [1.165, 1.54) is 11.1 Å². The summed E-state index contributed by atoms with van der Waals surface area (Å²) in [5.41, 5.74) is 8.96. The van der Waals surface area contributed by atoms with Crippen molar-refractivity contribution in [3.05, 3.63) is 71.8 Å². The number of aryl methyl sites for hydroxylation is 1. The van der Waals surface area contributed by atoms with Gasteiger partial charge in [-0.3, -0.25) is 4.79 Å². The largest absolute Gasteiger partial charge is 0.383 e. The van der Waals surface area contributed by atoms with Crippen molar-refractivity contribution in [3.63, 3.8) is 0 Å². The predicted octanol–water partition coefficient (Wildman–Crippen LogP) is 2.70. The van der Waals surface area contributed by atoms with Gasteiger partial charge in [-0.25, -0.2) is 10.9 Å². The molecule has 0 aromatic heterocycles. The van der Waals surface area contributed by atoms with Crippen molar-refractivity contribution >= 4 is 5.91 Å². The van der Waals surface area contributed by atoms with Crippen molar-refractivity contribution in [2.45, 2.75) is 31.3 Å². The third-order valence-corrected chi connectivity index (χ3v) is 5.02. The Hall–Kier alpha value is -2.21. The first-order valence-electron chi connectivity index (χ1n) is 9.65. The number of hydrogen-bond donors (Lipinski definition) is 2. The highest BCUT2D eigenvalue weighted by atomic mass is 16.5. The lowest BCUT2D eigenvalue weighted by Crippen LogP contribution is -2.47. The molecule has 1 saturated heterocycles. The monoisotopic (exact) mass is 367 g/mol. The van der Waals surface area contributed by atoms with E-state index < -0.39 is 0 Å². The fourth-order valence-electron chi connectivity index (χ4n) is 3.49. The first kappa shape index (κ1) is 19.5. The molecule has 0 radical (unpaired) electrons. The minimum Gasteiger partial charge on any atom is -0.383 e. The van der Waals surface area contributed by atoms with Crippen molar-refractivity contribution in [2.75, 3.05) is 26.8 Å². The van der Waals surface area contributed by atoms with Gasteiger partial charge in [0, 0.05) is 26.2 Å². The molecule has 2 aromatic carbocycles. The molecule has 1 amide bonds. The summed E-state index contributed by atoms with van der Waals surface area (Å²) < 4.78 is 5.21. The molecule has 1 aliphatic rings. The van der Waals surface area contributed by atoms with Gasteiger partial charge in [0.15, 0.2) is 0 Å². The summed E-state index contributed by atoms with van der Waals surface area (Å²) in [5.74, 6) is 0.144. The zero-order valence-corrected chi connectivity index (χ0v) is 15.9. The van der Waals surface area contributed by atoms with Crippen LogP contribution in [-0.4, -0.2) is 43.7 Å². The van der Waals surface area contributed by atoms with Crippen LogP contribution in [0.15, 0.2) is 60.7 Å². The van der Waals surface area contributed by atoms with Crippen LogP contribution in [0.3, 0.4) is 0 Å². The molecular formula is C22H29N3O2. The molecule has 5 heteroatoms. The Balaban J connectivity index is 1.54. The molecule has 5 nitrogen and oxygen atoms in total. The van der Waals surface area contributed by atoms with Crippen LogP contribution in [0.25, 0.3) is 0 Å². The summed E-state index contributed by atoms with van der Waals surface area (Å²) >= 11 is 0. The molecule has 27 heavy (non-hydrogen) atoms. The number of amides is 1. The summed E-state index contributed by atoms with van der Waals surface area (Å²) in [7, 11) is 1.67. The maximum atomic E-state index is 13.0. The Bertz CT molecular complexity index is 693. The second kappa shape index (κ2) is 10.2. The number of nitrogens with zero attached hydrogens (tertiary/aromatic N) is 1. The molecular weight excluding hydrogens is 338 g/mol. The lowest BCUT2D eigenvalue weighted by molar-refractivity contribution is -0.133. The van der Waals surface area contributed by atoms with Crippen molar-refractivity contribution in [2.24, 2.45) is 0 Å². The summed E-state index contributed by atoms with van der Waals surface area (Å²) in [6, 6.07) is 20.6. The van der Waals surface area contributed by atoms with Crippen LogP contribution in [0.2, 0.25) is 0 Å². The topological polar surface area (TPSA) is 53.6 Å². The predicted molar refractivity (Wildman–Crippen MR) is 107 cm³/mol. The number of hydrazine groups is 1. The summed E-state index contributed by atoms with van der Waals surface area (Å²) in [4.78, 5) is 15.0. The van der Waals surface area contributed by atoms with Gasteiger partial charge in [-0.05, 0) is 30.4 Å². The zero-order chi connectivity index (χ0) is 18.9. The molecule has 0 spiro atoms. The van der Waals surface area contributed by atoms with E-state index in [1.807, 2.05) is 29.2 Å². The number of carbonyl (C=O) groups excluding carboxylic acids is 1. The molecule has 2 atom stereocenters. The average Bonchev–Trinajstić information content (AvgIpc) is 3.22. The number of hydrogen-bond acceptors (Lipinski definition) is 4. The fourth-order valence-corrected chi connectivity index (χ4v) is 3.49. The highest BCUT2D eigenvalue weighted by Gasteiger charge is 2.32. The maximum absolute atomic E-state index is 13.0. The van der Waals surface area contributed by atoms with Gasteiger partial charge in [0.25, 0.3) is 0 Å². The van der Waals surface area contributed by atoms with Crippen LogP contribution < -0.4 is 10.9 Å². The van der Waals surface area contributed by atoms with E-state index in [2.05, 4.69) is 47.2 Å². The third-order valence-electron chi connectivity index (χ3n) is 5.02. The smallest absolute Gasteiger partial charge is 0.241 e. The minimum atomic E-state index is -0.205. The van der Waals surface area contributed by atoms with Gasteiger partial charge in [-0.2, -0.15) is 0 Å². The molecule has 2 unspecified atom stereocenters. The van der Waals surface area contributed by atoms with Crippen molar-refractivity contribution < 1.29 is 9.53 Å². The molecule has 1 fully saturated rings. The third kappa shape index (κ3) is 5.63. The Morgan fingerprint density at radius 3 is 2.44 bits per heavy atom. The molecule has 0 aliphatic carbocycles. The number of ether oxygens (including phenoxy) is 1. The first-order chi connectivity index (χ1) is 13.3. The zero-order valence-electron chi connectivity index (χ0n) is 15.9. The second-order valence-electron chi connectivity index (χ2n) is 6.95. The van der Waals surface area contributed by atoms with Crippen molar-refractivity contribution in [1.82, 2.24) is 15.8 Å². The van der Waals surface area contributed by atoms with Gasteiger partial charge < -0.3 is 9.64 Å². The molecule has 2 N–H and O–H groups in total. The van der Waals surface area contributed by atoms with E-state index in [0.717, 1.165) is 25.8 Å². The van der Waals surface area contributed by atoms with E-state index in [1.54, 1.807) is 7.11 Å². The van der Waals surface area contributed by atoms with Gasteiger partial charge in [-0.1, -0.05) is 60.7 Å². The van der Waals surface area contributed by atoms with Gasteiger partial charge in [-0.15, -0.1) is 0 Å². The molecule has 1 aliphatic heterocycles. The molecule has 3 rings (SSSR count). The first-order valence-corrected chi connectivity index (χ1v) is 9.65. The van der Waals surface area contributed by atoms with E-state index in [9.17, 15) is 4.79 Å². The average molecular weight is 367 g/mol. The van der Waals surface area contributed by atoms with E-state index >= 15 is 0 Å². The van der Waals surface area contributed by atoms with Crippen LogP contribution in [0.4, 0.5) is 0 Å². The van der Waals surface area contributed by atoms with Crippen molar-refractivity contribution in [1.29, 1.82) is 0 Å². The van der Waals surface area contributed by atoms with Crippen LogP contribution >= 0.6 is 0 Å². The van der Waals surface area contributed by atoms with Crippen molar-refractivity contribution in [3.8, 4) is 0 Å². The minimum absolute atomic E-state index is 0.144. The Kier molecular flexibility index (Phi) is 7.39. The van der Waals surface area contributed by atoms with Crippen LogP contribution in [0.5, 0.6) is 0 Å².